The summed E-state index contributed by atoms with van der Waals surface area (Å²) in [7, 11) is 3.25. The molecule has 0 spiro atoms. The Labute approximate surface area is 108 Å². The van der Waals surface area contributed by atoms with Crippen molar-refractivity contribution in [1.82, 2.24) is 0 Å². The molecule has 0 heterocycles. The molecule has 0 bridgehead atoms. The zero-order valence-electron chi connectivity index (χ0n) is 10.8. The second kappa shape index (κ2) is 6.12. The molecule has 1 unspecified atom stereocenters. The Morgan fingerprint density at radius 1 is 1.35 bits per heavy atom. The van der Waals surface area contributed by atoms with E-state index in [-0.39, 0.29) is 0 Å². The van der Waals surface area contributed by atoms with Crippen LogP contribution >= 0.6 is 11.6 Å². The molecular weight excluding hydrogens is 238 g/mol. The minimum atomic E-state index is 0.294. The summed E-state index contributed by atoms with van der Waals surface area (Å²) in [6.45, 7) is 4.75. The van der Waals surface area contributed by atoms with Gasteiger partial charge in [0.15, 0.2) is 11.5 Å². The van der Waals surface area contributed by atoms with Crippen molar-refractivity contribution in [3.05, 3.63) is 22.2 Å². The minimum absolute atomic E-state index is 0.294. The standard InChI is InChI=1S/C13H20ClNO2/c1-8(5-6-15)12-9(2)10(14)7-11(16-3)13(12)17-4/h7-8H,5-6,15H2,1-4H3. The first-order valence-electron chi connectivity index (χ1n) is 5.67. The van der Waals surface area contributed by atoms with Gasteiger partial charge >= 0.3 is 0 Å². The smallest absolute Gasteiger partial charge is 0.164 e. The molecule has 17 heavy (non-hydrogen) atoms. The quantitative estimate of drug-likeness (QED) is 0.882. The molecule has 2 N–H and O–H groups in total. The van der Waals surface area contributed by atoms with Crippen molar-refractivity contribution < 1.29 is 9.47 Å². The third-order valence-corrected chi connectivity index (χ3v) is 3.40. The maximum absolute atomic E-state index is 6.20. The summed E-state index contributed by atoms with van der Waals surface area (Å²) in [5.74, 6) is 1.72. The van der Waals surface area contributed by atoms with Crippen LogP contribution in [-0.2, 0) is 0 Å². The van der Waals surface area contributed by atoms with Crippen molar-refractivity contribution >= 4 is 11.6 Å². The number of ether oxygens (including phenoxy) is 2. The summed E-state index contributed by atoms with van der Waals surface area (Å²) < 4.78 is 10.7. The fraction of sp³-hybridized carbons (Fsp3) is 0.538. The number of nitrogens with two attached hydrogens (primary N) is 1. The maximum Gasteiger partial charge on any atom is 0.164 e. The molecule has 0 radical (unpaired) electrons. The van der Waals surface area contributed by atoms with Crippen molar-refractivity contribution in [2.75, 3.05) is 20.8 Å². The van der Waals surface area contributed by atoms with Gasteiger partial charge in [-0.25, -0.2) is 0 Å². The van der Waals surface area contributed by atoms with E-state index in [1.807, 2.05) is 6.92 Å². The van der Waals surface area contributed by atoms with Crippen LogP contribution in [0.1, 0.15) is 30.4 Å². The molecule has 1 aromatic rings. The van der Waals surface area contributed by atoms with E-state index in [0.29, 0.717) is 23.2 Å². The van der Waals surface area contributed by atoms with Crippen LogP contribution < -0.4 is 15.2 Å². The monoisotopic (exact) mass is 257 g/mol. The Hall–Kier alpha value is -0.930. The first-order chi connectivity index (χ1) is 8.06. The van der Waals surface area contributed by atoms with Crippen molar-refractivity contribution in [2.45, 2.75) is 26.2 Å². The molecule has 1 aromatic carbocycles. The van der Waals surface area contributed by atoms with Gasteiger partial charge in [-0.05, 0) is 31.4 Å². The molecule has 3 nitrogen and oxygen atoms in total. The molecule has 0 amide bonds. The van der Waals surface area contributed by atoms with E-state index < -0.39 is 0 Å². The number of benzene rings is 1. The summed E-state index contributed by atoms with van der Waals surface area (Å²) in [5, 5.41) is 0.696. The SMILES string of the molecule is COc1cc(Cl)c(C)c(C(C)CCN)c1OC. The van der Waals surface area contributed by atoms with Gasteiger partial charge in [0.2, 0.25) is 0 Å². The third-order valence-electron chi connectivity index (χ3n) is 3.01. The van der Waals surface area contributed by atoms with Crippen LogP contribution in [0, 0.1) is 6.92 Å². The van der Waals surface area contributed by atoms with E-state index in [2.05, 4.69) is 6.92 Å². The van der Waals surface area contributed by atoms with E-state index in [0.717, 1.165) is 23.3 Å². The number of halogens is 1. The van der Waals surface area contributed by atoms with Gasteiger partial charge in [0.1, 0.15) is 0 Å². The highest BCUT2D eigenvalue weighted by Crippen LogP contribution is 2.42. The molecule has 0 aliphatic carbocycles. The summed E-state index contributed by atoms with van der Waals surface area (Å²) in [4.78, 5) is 0. The lowest BCUT2D eigenvalue weighted by Gasteiger charge is -2.21. The van der Waals surface area contributed by atoms with Gasteiger partial charge in [0.05, 0.1) is 14.2 Å². The van der Waals surface area contributed by atoms with Crippen molar-refractivity contribution in [2.24, 2.45) is 5.73 Å². The first kappa shape index (κ1) is 14.1. The predicted octanol–water partition coefficient (Wildman–Crippen LogP) is 3.12. The van der Waals surface area contributed by atoms with E-state index >= 15 is 0 Å². The molecule has 0 saturated heterocycles. The summed E-state index contributed by atoms with van der Waals surface area (Å²) >= 11 is 6.20. The molecule has 0 fully saturated rings. The molecule has 0 aliphatic rings. The fourth-order valence-corrected chi connectivity index (χ4v) is 2.27. The molecule has 0 aromatic heterocycles. The zero-order valence-corrected chi connectivity index (χ0v) is 11.6. The van der Waals surface area contributed by atoms with Gasteiger partial charge in [0.25, 0.3) is 0 Å². The van der Waals surface area contributed by atoms with Crippen LogP contribution in [-0.4, -0.2) is 20.8 Å². The second-order valence-corrected chi connectivity index (χ2v) is 4.52. The lowest BCUT2D eigenvalue weighted by Crippen LogP contribution is -2.08. The molecule has 1 atom stereocenters. The van der Waals surface area contributed by atoms with E-state index in [1.54, 1.807) is 20.3 Å². The zero-order chi connectivity index (χ0) is 13.0. The van der Waals surface area contributed by atoms with Crippen LogP contribution in [0.4, 0.5) is 0 Å². The number of hydrogen-bond donors (Lipinski definition) is 1. The van der Waals surface area contributed by atoms with Crippen LogP contribution in [0.15, 0.2) is 6.07 Å². The molecule has 0 aliphatic heterocycles. The van der Waals surface area contributed by atoms with Gasteiger partial charge in [-0.2, -0.15) is 0 Å². The van der Waals surface area contributed by atoms with Gasteiger partial charge < -0.3 is 15.2 Å². The largest absolute Gasteiger partial charge is 0.493 e. The normalized spacial score (nSPS) is 12.4. The number of hydrogen-bond acceptors (Lipinski definition) is 3. The Kier molecular flexibility index (Phi) is 5.09. The van der Waals surface area contributed by atoms with Crippen molar-refractivity contribution in [3.63, 3.8) is 0 Å². The van der Waals surface area contributed by atoms with E-state index in [4.69, 9.17) is 26.8 Å². The Morgan fingerprint density at radius 3 is 2.47 bits per heavy atom. The molecular formula is C13H20ClNO2. The fourth-order valence-electron chi connectivity index (χ4n) is 2.07. The van der Waals surface area contributed by atoms with Crippen molar-refractivity contribution in [1.29, 1.82) is 0 Å². The Bertz CT molecular complexity index is 393. The van der Waals surface area contributed by atoms with E-state index in [1.165, 1.54) is 0 Å². The third kappa shape index (κ3) is 2.85. The lowest BCUT2D eigenvalue weighted by atomic mass is 9.92. The highest BCUT2D eigenvalue weighted by atomic mass is 35.5. The summed E-state index contributed by atoms with van der Waals surface area (Å²) in [6, 6.07) is 1.79. The van der Waals surface area contributed by atoms with Gasteiger partial charge in [-0.15, -0.1) is 0 Å². The van der Waals surface area contributed by atoms with Crippen LogP contribution in [0.2, 0.25) is 5.02 Å². The maximum atomic E-state index is 6.20. The lowest BCUT2D eigenvalue weighted by molar-refractivity contribution is 0.349. The highest BCUT2D eigenvalue weighted by molar-refractivity contribution is 6.31. The van der Waals surface area contributed by atoms with Gasteiger partial charge in [0, 0.05) is 16.7 Å². The van der Waals surface area contributed by atoms with Crippen LogP contribution in [0.25, 0.3) is 0 Å². The Balaban J connectivity index is 3.37. The summed E-state index contributed by atoms with van der Waals surface area (Å²) in [5.41, 5.74) is 7.73. The molecule has 96 valence electrons. The number of rotatable bonds is 5. The topological polar surface area (TPSA) is 44.5 Å². The van der Waals surface area contributed by atoms with Gasteiger partial charge in [-0.3, -0.25) is 0 Å². The first-order valence-corrected chi connectivity index (χ1v) is 6.05. The minimum Gasteiger partial charge on any atom is -0.493 e. The highest BCUT2D eigenvalue weighted by Gasteiger charge is 2.20. The predicted molar refractivity (Wildman–Crippen MR) is 71.4 cm³/mol. The average molecular weight is 258 g/mol. The van der Waals surface area contributed by atoms with Crippen molar-refractivity contribution in [3.8, 4) is 11.5 Å². The molecule has 4 heteroatoms. The summed E-state index contributed by atoms with van der Waals surface area (Å²) in [6.07, 6.45) is 0.890. The second-order valence-electron chi connectivity index (χ2n) is 4.11. The molecule has 1 rings (SSSR count). The van der Waals surface area contributed by atoms with Crippen LogP contribution in [0.5, 0.6) is 11.5 Å². The number of methoxy groups -OCH3 is 2. The molecule has 0 saturated carbocycles. The average Bonchev–Trinajstić information content (AvgIpc) is 2.31. The van der Waals surface area contributed by atoms with Gasteiger partial charge in [-0.1, -0.05) is 18.5 Å². The van der Waals surface area contributed by atoms with E-state index in [9.17, 15) is 0 Å². The Morgan fingerprint density at radius 2 is 2.00 bits per heavy atom. The van der Waals surface area contributed by atoms with Crippen LogP contribution in [0.3, 0.4) is 0 Å².